The largest absolute Gasteiger partial charge is 0.462 e. The molecule has 1 amide bonds. The number of aryl methyl sites for hydroxylation is 1. The summed E-state index contributed by atoms with van der Waals surface area (Å²) in [6.45, 7) is 3.83. The molecule has 0 atom stereocenters. The highest BCUT2D eigenvalue weighted by atomic mass is 32.2. The van der Waals surface area contributed by atoms with E-state index in [9.17, 15) is 18.8 Å². The van der Waals surface area contributed by atoms with Gasteiger partial charge < -0.3 is 10.1 Å². The molecular formula is C34H26FN3O4S3. The number of aromatic nitrogens is 2. The Morgan fingerprint density at radius 2 is 1.67 bits per heavy atom. The number of esters is 1. The Balaban J connectivity index is 1.34. The first kappa shape index (κ1) is 30.4. The van der Waals surface area contributed by atoms with Crippen molar-refractivity contribution >= 4 is 61.5 Å². The van der Waals surface area contributed by atoms with Crippen molar-refractivity contribution in [3.8, 4) is 27.9 Å². The predicted molar refractivity (Wildman–Crippen MR) is 180 cm³/mol. The number of halogens is 1. The standard InChI is InChI=1S/C34H26FN3O4S3/c1-3-42-33(41)29-27(22-10-6-4-7-11-22)20(2)45-31(29)36-26(39)19-44-34-37-30-28(32(40)38(34)24-12-8-5-9-13-24)25(18-43-30)21-14-16-23(35)17-15-21/h4-18H,3,19H2,1-2H3,(H,36,39). The number of para-hydroxylation sites is 1. The molecule has 0 bridgehead atoms. The van der Waals surface area contributed by atoms with E-state index in [1.807, 2.05) is 60.8 Å². The van der Waals surface area contributed by atoms with Gasteiger partial charge in [-0.25, -0.2) is 14.2 Å². The molecule has 0 aliphatic heterocycles. The minimum atomic E-state index is -0.511. The zero-order valence-corrected chi connectivity index (χ0v) is 26.7. The topological polar surface area (TPSA) is 90.3 Å². The second-order valence-corrected chi connectivity index (χ2v) is 12.9. The van der Waals surface area contributed by atoms with Gasteiger partial charge in [-0.2, -0.15) is 0 Å². The number of carbonyl (C=O) groups excluding carboxylic acids is 2. The van der Waals surface area contributed by atoms with Gasteiger partial charge in [0.05, 0.1) is 23.4 Å². The summed E-state index contributed by atoms with van der Waals surface area (Å²) in [6, 6.07) is 24.6. The van der Waals surface area contributed by atoms with Crippen LogP contribution >= 0.6 is 34.4 Å². The van der Waals surface area contributed by atoms with E-state index in [0.29, 0.717) is 42.8 Å². The van der Waals surface area contributed by atoms with Gasteiger partial charge in [0.2, 0.25) is 5.91 Å². The molecular weight excluding hydrogens is 630 g/mol. The third-order valence-electron chi connectivity index (χ3n) is 6.96. The monoisotopic (exact) mass is 655 g/mol. The van der Waals surface area contributed by atoms with Crippen LogP contribution in [0.15, 0.2) is 100 Å². The fraction of sp³-hybridized carbons (Fsp3) is 0.118. The Bertz CT molecular complexity index is 2070. The summed E-state index contributed by atoms with van der Waals surface area (Å²) in [6.07, 6.45) is 0. The van der Waals surface area contributed by atoms with Crippen molar-refractivity contribution in [1.29, 1.82) is 0 Å². The minimum absolute atomic E-state index is 0.0686. The molecule has 3 aromatic carbocycles. The van der Waals surface area contributed by atoms with Crippen molar-refractivity contribution in [2.75, 3.05) is 17.7 Å². The van der Waals surface area contributed by atoms with Gasteiger partial charge in [0, 0.05) is 21.4 Å². The number of fused-ring (bicyclic) bond motifs is 1. The number of nitrogens with zero attached hydrogens (tertiary/aromatic N) is 2. The number of thiophene rings is 2. The maximum atomic E-state index is 14.1. The first-order chi connectivity index (χ1) is 21.9. The van der Waals surface area contributed by atoms with Gasteiger partial charge in [-0.05, 0) is 49.2 Å². The molecule has 0 radical (unpaired) electrons. The fourth-order valence-electron chi connectivity index (χ4n) is 4.99. The second kappa shape index (κ2) is 13.2. The van der Waals surface area contributed by atoms with Crippen LogP contribution in [0.25, 0.3) is 38.2 Å². The lowest BCUT2D eigenvalue weighted by atomic mass is 10.0. The van der Waals surface area contributed by atoms with Gasteiger partial charge in [-0.15, -0.1) is 22.7 Å². The molecule has 0 aliphatic carbocycles. The van der Waals surface area contributed by atoms with E-state index in [4.69, 9.17) is 9.72 Å². The van der Waals surface area contributed by atoms with Gasteiger partial charge in [-0.1, -0.05) is 72.4 Å². The first-order valence-electron chi connectivity index (χ1n) is 14.0. The normalized spacial score (nSPS) is 11.1. The fourth-order valence-corrected chi connectivity index (χ4v) is 7.87. The number of amides is 1. The van der Waals surface area contributed by atoms with Gasteiger partial charge in [0.1, 0.15) is 21.2 Å². The zero-order valence-electron chi connectivity index (χ0n) is 24.2. The lowest BCUT2D eigenvalue weighted by molar-refractivity contribution is -0.113. The number of ether oxygens (including phenoxy) is 1. The molecule has 0 aliphatic rings. The number of anilines is 1. The second-order valence-electron chi connectivity index (χ2n) is 9.87. The summed E-state index contributed by atoms with van der Waals surface area (Å²) in [7, 11) is 0. The van der Waals surface area contributed by atoms with Crippen molar-refractivity contribution in [3.05, 3.63) is 117 Å². The van der Waals surface area contributed by atoms with E-state index < -0.39 is 5.97 Å². The Kier molecular flexibility index (Phi) is 8.92. The smallest absolute Gasteiger partial charge is 0.341 e. The highest BCUT2D eigenvalue weighted by Crippen LogP contribution is 2.40. The summed E-state index contributed by atoms with van der Waals surface area (Å²) in [5, 5.41) is 5.92. The Labute approximate surface area is 270 Å². The SMILES string of the molecule is CCOC(=O)c1c(NC(=O)CSc2nc3scc(-c4ccc(F)cc4)c3c(=O)n2-c2ccccc2)sc(C)c1-c1ccccc1. The van der Waals surface area contributed by atoms with Crippen molar-refractivity contribution in [3.63, 3.8) is 0 Å². The van der Waals surface area contributed by atoms with Gasteiger partial charge in [0.25, 0.3) is 5.56 Å². The molecule has 0 saturated carbocycles. The molecule has 1 N–H and O–H groups in total. The summed E-state index contributed by atoms with van der Waals surface area (Å²) < 4.78 is 20.5. The number of carbonyl (C=O) groups is 2. The van der Waals surface area contributed by atoms with Crippen LogP contribution in [0, 0.1) is 12.7 Å². The maximum absolute atomic E-state index is 14.1. The van der Waals surface area contributed by atoms with Gasteiger partial charge in [-0.3, -0.25) is 14.2 Å². The Hall–Kier alpha value is -4.58. The van der Waals surface area contributed by atoms with Crippen LogP contribution in [-0.2, 0) is 9.53 Å². The van der Waals surface area contributed by atoms with Crippen LogP contribution in [0.2, 0.25) is 0 Å². The molecule has 3 heterocycles. The van der Waals surface area contributed by atoms with E-state index in [1.165, 1.54) is 39.4 Å². The number of nitrogens with one attached hydrogen (secondary N) is 1. The highest BCUT2D eigenvalue weighted by Gasteiger charge is 2.26. The Morgan fingerprint density at radius 3 is 2.36 bits per heavy atom. The molecule has 0 fully saturated rings. The molecule has 226 valence electrons. The predicted octanol–water partition coefficient (Wildman–Crippen LogP) is 8.20. The molecule has 0 spiro atoms. The summed E-state index contributed by atoms with van der Waals surface area (Å²) in [5.41, 5.74) is 3.57. The number of hydrogen-bond acceptors (Lipinski definition) is 8. The van der Waals surface area contributed by atoms with E-state index in [-0.39, 0.29) is 29.6 Å². The van der Waals surface area contributed by atoms with Crippen LogP contribution in [0.1, 0.15) is 22.2 Å². The van der Waals surface area contributed by atoms with Crippen LogP contribution in [0.3, 0.4) is 0 Å². The van der Waals surface area contributed by atoms with Crippen LogP contribution in [0.5, 0.6) is 0 Å². The molecule has 11 heteroatoms. The molecule has 0 saturated heterocycles. The summed E-state index contributed by atoms with van der Waals surface area (Å²) in [5.74, 6) is -1.30. The van der Waals surface area contributed by atoms with Crippen molar-refractivity contribution in [2.45, 2.75) is 19.0 Å². The van der Waals surface area contributed by atoms with Gasteiger partial charge >= 0.3 is 5.97 Å². The minimum Gasteiger partial charge on any atom is -0.462 e. The lowest BCUT2D eigenvalue weighted by Gasteiger charge is -2.13. The Morgan fingerprint density at radius 1 is 0.978 bits per heavy atom. The summed E-state index contributed by atoms with van der Waals surface area (Å²) >= 11 is 3.75. The number of rotatable bonds is 9. The zero-order chi connectivity index (χ0) is 31.5. The third kappa shape index (κ3) is 6.19. The van der Waals surface area contributed by atoms with E-state index >= 15 is 0 Å². The average Bonchev–Trinajstić information content (AvgIpc) is 3.62. The van der Waals surface area contributed by atoms with Crippen molar-refractivity contribution in [1.82, 2.24) is 9.55 Å². The number of thioether (sulfide) groups is 1. The molecule has 7 nitrogen and oxygen atoms in total. The van der Waals surface area contributed by atoms with E-state index in [2.05, 4.69) is 5.32 Å². The molecule has 3 aromatic heterocycles. The van der Waals surface area contributed by atoms with E-state index in [0.717, 1.165) is 27.8 Å². The molecule has 6 aromatic rings. The number of hydrogen-bond donors (Lipinski definition) is 1. The van der Waals surface area contributed by atoms with Crippen molar-refractivity contribution < 1.29 is 18.7 Å². The molecule has 0 unspecified atom stereocenters. The van der Waals surface area contributed by atoms with Crippen molar-refractivity contribution in [2.24, 2.45) is 0 Å². The van der Waals surface area contributed by atoms with E-state index in [1.54, 1.807) is 31.2 Å². The summed E-state index contributed by atoms with van der Waals surface area (Å²) in [4.78, 5) is 46.7. The van der Waals surface area contributed by atoms with Gasteiger partial charge in [0.15, 0.2) is 5.16 Å². The number of benzene rings is 3. The quantitative estimate of drug-likeness (QED) is 0.0960. The van der Waals surface area contributed by atoms with Crippen LogP contribution in [0.4, 0.5) is 9.39 Å². The first-order valence-corrected chi connectivity index (χ1v) is 16.7. The molecule has 45 heavy (non-hydrogen) atoms. The van der Waals surface area contributed by atoms with Crippen LogP contribution in [-0.4, -0.2) is 33.8 Å². The molecule has 6 rings (SSSR count). The highest BCUT2D eigenvalue weighted by molar-refractivity contribution is 7.99. The lowest BCUT2D eigenvalue weighted by Crippen LogP contribution is -2.23. The maximum Gasteiger partial charge on any atom is 0.341 e. The van der Waals surface area contributed by atoms with Crippen LogP contribution < -0.4 is 10.9 Å². The average molecular weight is 656 g/mol. The third-order valence-corrected chi connectivity index (χ3v) is 9.79.